The van der Waals surface area contributed by atoms with E-state index in [9.17, 15) is 13.2 Å². The smallest absolute Gasteiger partial charge is 0.410 e. The van der Waals surface area contributed by atoms with Crippen LogP contribution in [0.3, 0.4) is 0 Å². The monoisotopic (exact) mass is 365 g/mol. The average Bonchev–Trinajstić information content (AvgIpc) is 3.11. The molecule has 1 aliphatic rings. The maximum absolute atomic E-state index is 12.6. The van der Waals surface area contributed by atoms with E-state index in [4.69, 9.17) is 4.74 Å². The Bertz CT molecular complexity index is 850. The van der Waals surface area contributed by atoms with Crippen molar-refractivity contribution in [2.45, 2.75) is 37.9 Å². The maximum Gasteiger partial charge on any atom is 0.410 e. The number of imidazole rings is 1. The van der Waals surface area contributed by atoms with Crippen LogP contribution >= 0.6 is 0 Å². The number of ether oxygens (including phenoxy) is 1. The van der Waals surface area contributed by atoms with Crippen LogP contribution in [0.1, 0.15) is 27.2 Å². The van der Waals surface area contributed by atoms with Crippen LogP contribution < -0.4 is 0 Å². The van der Waals surface area contributed by atoms with E-state index in [0.29, 0.717) is 30.5 Å². The van der Waals surface area contributed by atoms with Crippen LogP contribution in [0.2, 0.25) is 0 Å². The fraction of sp³-hybridized carbons (Fsp3) is 0.529. The summed E-state index contributed by atoms with van der Waals surface area (Å²) in [6.07, 6.45) is 0.245. The van der Waals surface area contributed by atoms with Gasteiger partial charge in [-0.2, -0.15) is 0 Å². The molecule has 0 aliphatic carbocycles. The number of carbonyl (C=O) groups is 1. The Hall–Kier alpha value is -2.09. The second-order valence-corrected chi connectivity index (χ2v) is 9.37. The SMILES string of the molecule is CC(C)(C)OC(=O)N1CC[C@H](CS(=O)(=O)c2nc3ccccc3[nH]2)C1. The highest BCUT2D eigenvalue weighted by Crippen LogP contribution is 2.23. The molecule has 2 heterocycles. The molecule has 0 saturated carbocycles. The average molecular weight is 365 g/mol. The lowest BCUT2D eigenvalue weighted by molar-refractivity contribution is 0.0289. The van der Waals surface area contributed by atoms with Crippen LogP contribution in [-0.4, -0.2) is 53.8 Å². The van der Waals surface area contributed by atoms with E-state index in [1.54, 1.807) is 17.0 Å². The third kappa shape index (κ3) is 4.12. The molecule has 1 fully saturated rings. The zero-order valence-electron chi connectivity index (χ0n) is 14.7. The first-order valence-corrected chi connectivity index (χ1v) is 9.95. The van der Waals surface area contributed by atoms with Gasteiger partial charge in [0.15, 0.2) is 0 Å². The minimum atomic E-state index is -3.54. The van der Waals surface area contributed by atoms with Crippen LogP contribution in [0, 0.1) is 5.92 Å². The van der Waals surface area contributed by atoms with Gasteiger partial charge >= 0.3 is 6.09 Å². The second-order valence-electron chi connectivity index (χ2n) is 7.42. The summed E-state index contributed by atoms with van der Waals surface area (Å²) in [5, 5.41) is -0.00980. The molecule has 1 saturated heterocycles. The molecule has 8 heteroatoms. The van der Waals surface area contributed by atoms with E-state index < -0.39 is 21.5 Å². The number of carbonyl (C=O) groups excluding carboxylic acids is 1. The molecule has 3 rings (SSSR count). The molecule has 0 radical (unpaired) electrons. The Morgan fingerprint density at radius 2 is 2.08 bits per heavy atom. The fourth-order valence-corrected chi connectivity index (χ4v) is 4.48. The maximum atomic E-state index is 12.6. The van der Waals surface area contributed by atoms with Gasteiger partial charge < -0.3 is 14.6 Å². The van der Waals surface area contributed by atoms with Gasteiger partial charge in [-0.25, -0.2) is 18.2 Å². The summed E-state index contributed by atoms with van der Waals surface area (Å²) >= 11 is 0. The molecule has 1 aromatic heterocycles. The van der Waals surface area contributed by atoms with Gasteiger partial charge in [-0.15, -0.1) is 0 Å². The van der Waals surface area contributed by atoms with Crippen molar-refractivity contribution >= 4 is 27.0 Å². The molecular formula is C17H23N3O4S. The molecular weight excluding hydrogens is 342 g/mol. The third-order valence-electron chi connectivity index (χ3n) is 4.05. The summed E-state index contributed by atoms with van der Waals surface area (Å²) in [5.41, 5.74) is 0.765. The molecule has 1 atom stereocenters. The number of hydrogen-bond donors (Lipinski definition) is 1. The van der Waals surface area contributed by atoms with Crippen molar-refractivity contribution in [1.29, 1.82) is 0 Å². The van der Waals surface area contributed by atoms with Gasteiger partial charge in [0.2, 0.25) is 15.0 Å². The molecule has 136 valence electrons. The highest BCUT2D eigenvalue weighted by molar-refractivity contribution is 7.91. The van der Waals surface area contributed by atoms with E-state index in [1.165, 1.54) is 0 Å². The second kappa shape index (κ2) is 6.33. The lowest BCUT2D eigenvalue weighted by Gasteiger charge is -2.24. The van der Waals surface area contributed by atoms with Gasteiger partial charge in [-0.1, -0.05) is 12.1 Å². The number of H-pyrrole nitrogens is 1. The zero-order chi connectivity index (χ0) is 18.2. The van der Waals surface area contributed by atoms with Gasteiger partial charge in [-0.05, 0) is 45.2 Å². The number of likely N-dealkylation sites (tertiary alicyclic amines) is 1. The number of rotatable bonds is 3. The summed E-state index contributed by atoms with van der Waals surface area (Å²) in [5.74, 6) is -0.155. The first-order chi connectivity index (χ1) is 11.6. The van der Waals surface area contributed by atoms with Crippen molar-refractivity contribution in [2.75, 3.05) is 18.8 Å². The number of hydrogen-bond acceptors (Lipinski definition) is 5. The molecule has 1 aliphatic heterocycles. The molecule has 1 amide bonds. The summed E-state index contributed by atoms with van der Waals surface area (Å²) in [7, 11) is -3.54. The summed E-state index contributed by atoms with van der Waals surface area (Å²) in [4.78, 5) is 20.7. The van der Waals surface area contributed by atoms with Gasteiger partial charge in [0.1, 0.15) is 5.60 Å². The van der Waals surface area contributed by atoms with Crippen molar-refractivity contribution in [3.05, 3.63) is 24.3 Å². The molecule has 7 nitrogen and oxygen atoms in total. The Labute approximate surface area is 147 Å². The number of benzene rings is 1. The largest absolute Gasteiger partial charge is 0.444 e. The van der Waals surface area contributed by atoms with Gasteiger partial charge in [-0.3, -0.25) is 0 Å². The normalized spacial score (nSPS) is 18.7. The number of nitrogens with one attached hydrogen (secondary N) is 1. The predicted octanol–water partition coefficient (Wildman–Crippen LogP) is 2.59. The quantitative estimate of drug-likeness (QED) is 0.902. The Balaban J connectivity index is 1.67. The minimum absolute atomic E-state index is 0.00980. The van der Waals surface area contributed by atoms with Crippen molar-refractivity contribution in [1.82, 2.24) is 14.9 Å². The highest BCUT2D eigenvalue weighted by Gasteiger charge is 2.33. The standard InChI is InChI=1S/C17H23N3O4S/c1-17(2,3)24-16(21)20-9-8-12(10-20)11-25(22,23)15-18-13-6-4-5-7-14(13)19-15/h4-7,12H,8-11H2,1-3H3,(H,18,19)/t12-/m0/s1. The molecule has 0 spiro atoms. The summed E-state index contributed by atoms with van der Waals surface area (Å²) in [6, 6.07) is 7.20. The van der Waals surface area contributed by atoms with Gasteiger partial charge in [0.25, 0.3) is 0 Å². The Morgan fingerprint density at radius 1 is 1.36 bits per heavy atom. The van der Waals surface area contributed by atoms with E-state index in [-0.39, 0.29) is 16.8 Å². The van der Waals surface area contributed by atoms with Crippen LogP contribution in [0.4, 0.5) is 4.79 Å². The molecule has 1 aromatic carbocycles. The molecule has 1 N–H and O–H groups in total. The van der Waals surface area contributed by atoms with Crippen molar-refractivity contribution < 1.29 is 17.9 Å². The number of nitrogens with zero attached hydrogens (tertiary/aromatic N) is 2. The number of sulfone groups is 1. The van der Waals surface area contributed by atoms with Crippen molar-refractivity contribution in [3.63, 3.8) is 0 Å². The van der Waals surface area contributed by atoms with Gasteiger partial charge in [0.05, 0.1) is 16.8 Å². The fourth-order valence-electron chi connectivity index (χ4n) is 2.93. The Kier molecular flexibility index (Phi) is 4.49. The van der Waals surface area contributed by atoms with E-state index in [2.05, 4.69) is 9.97 Å². The lowest BCUT2D eigenvalue weighted by Crippen LogP contribution is -2.35. The topological polar surface area (TPSA) is 92.4 Å². The lowest BCUT2D eigenvalue weighted by atomic mass is 10.2. The van der Waals surface area contributed by atoms with Crippen LogP contribution in [0.5, 0.6) is 0 Å². The van der Waals surface area contributed by atoms with E-state index in [1.807, 2.05) is 32.9 Å². The number of fused-ring (bicyclic) bond motifs is 1. The molecule has 0 unspecified atom stereocenters. The van der Waals surface area contributed by atoms with Crippen LogP contribution in [-0.2, 0) is 14.6 Å². The van der Waals surface area contributed by atoms with Crippen LogP contribution in [0.15, 0.2) is 29.4 Å². The highest BCUT2D eigenvalue weighted by atomic mass is 32.2. The molecule has 0 bridgehead atoms. The molecule has 25 heavy (non-hydrogen) atoms. The summed E-state index contributed by atoms with van der Waals surface area (Å²) in [6.45, 7) is 6.32. The van der Waals surface area contributed by atoms with E-state index in [0.717, 1.165) is 0 Å². The Morgan fingerprint density at radius 3 is 2.76 bits per heavy atom. The van der Waals surface area contributed by atoms with E-state index >= 15 is 0 Å². The summed E-state index contributed by atoms with van der Waals surface area (Å²) < 4.78 is 30.6. The van der Waals surface area contributed by atoms with Crippen molar-refractivity contribution in [3.8, 4) is 0 Å². The first-order valence-electron chi connectivity index (χ1n) is 8.29. The molecule has 2 aromatic rings. The number of amides is 1. The number of aromatic amines is 1. The van der Waals surface area contributed by atoms with Gasteiger partial charge in [0, 0.05) is 13.1 Å². The predicted molar refractivity (Wildman–Crippen MR) is 94.1 cm³/mol. The van der Waals surface area contributed by atoms with Crippen LogP contribution in [0.25, 0.3) is 11.0 Å². The zero-order valence-corrected chi connectivity index (χ0v) is 15.5. The number of para-hydroxylation sites is 2. The first kappa shape index (κ1) is 17.7. The van der Waals surface area contributed by atoms with Crippen molar-refractivity contribution in [2.24, 2.45) is 5.92 Å². The number of aromatic nitrogens is 2. The third-order valence-corrected chi connectivity index (χ3v) is 5.75. The minimum Gasteiger partial charge on any atom is -0.444 e.